The molecule has 2 N–H and O–H groups in total. The van der Waals surface area contributed by atoms with Gasteiger partial charge < -0.3 is 9.97 Å². The van der Waals surface area contributed by atoms with Crippen molar-refractivity contribution in [1.82, 2.24) is 19.9 Å². The Kier molecular flexibility index (Phi) is 14.6. The van der Waals surface area contributed by atoms with E-state index in [1.165, 1.54) is 42.4 Å². The Hall–Kier alpha value is -7.92. The van der Waals surface area contributed by atoms with Gasteiger partial charge in [-0.2, -0.15) is 0 Å². The highest BCUT2D eigenvalue weighted by Gasteiger charge is 2.35. The quantitative estimate of drug-likeness (QED) is 0.120. The van der Waals surface area contributed by atoms with Crippen molar-refractivity contribution in [2.45, 2.75) is 0 Å². The van der Waals surface area contributed by atoms with Crippen molar-refractivity contribution in [2.75, 3.05) is 53.3 Å². The Morgan fingerprint density at radius 1 is 0.214 bits per heavy atom. The molecule has 84 heavy (non-hydrogen) atoms. The topological polar surface area (TPSA) is 57.4 Å². The molecule has 0 saturated carbocycles. The molecule has 8 heteroatoms. The van der Waals surface area contributed by atoms with Crippen LogP contribution >= 0.6 is 29.0 Å². The summed E-state index contributed by atoms with van der Waals surface area (Å²) in [6.45, 7) is 19.3. The van der Waals surface area contributed by atoms with Crippen molar-refractivity contribution in [3.8, 4) is 44.5 Å². The van der Waals surface area contributed by atoms with Crippen LogP contribution in [0, 0.1) is 0 Å². The standard InChI is InChI=1S/C76H70N4P4/c1-81(2,57-21-13-9-14-22-57)61-37-29-53(30-38-61)73-65-45-47-67(77-65)74(54-31-39-62(40-32-54)82(3,4)58-23-15-10-16-24-58)69-49-51-71(79-69)76(56-35-43-64(44-36-56)84(7,8)60-27-19-12-20-28-60)72-52-50-70(80-72)75(68-48-46-66(73)78-68)55-33-41-63(42-34-55)83(5,6)59-25-17-11-18-26-59/h9-52,77,80H,1-8H3/q+4. The van der Waals surface area contributed by atoms with Gasteiger partial charge >= 0.3 is 0 Å². The summed E-state index contributed by atoms with van der Waals surface area (Å²) in [6.07, 6.45) is 8.85. The third-order valence-electron chi connectivity index (χ3n) is 17.6. The predicted octanol–water partition coefficient (Wildman–Crippen LogP) is 16.2. The van der Waals surface area contributed by atoms with Crippen LogP contribution in [0.1, 0.15) is 22.8 Å². The lowest BCUT2D eigenvalue weighted by atomic mass is 10.0. The van der Waals surface area contributed by atoms with Crippen LogP contribution < -0.4 is 42.4 Å². The van der Waals surface area contributed by atoms with Crippen LogP contribution in [-0.2, 0) is 0 Å². The molecule has 13 rings (SSSR count). The molecule has 2 aliphatic rings. The van der Waals surface area contributed by atoms with Crippen LogP contribution in [0.25, 0.3) is 90.9 Å². The maximum Gasteiger partial charge on any atom is 0.0986 e. The van der Waals surface area contributed by atoms with E-state index in [1.807, 2.05) is 0 Å². The maximum atomic E-state index is 5.72. The second kappa shape index (κ2) is 22.3. The van der Waals surface area contributed by atoms with Crippen molar-refractivity contribution >= 4 is 118 Å². The van der Waals surface area contributed by atoms with Gasteiger partial charge in [-0.25, -0.2) is 9.97 Å². The van der Waals surface area contributed by atoms with E-state index in [2.05, 4.69) is 330 Å². The Labute approximate surface area is 498 Å². The predicted molar refractivity (Wildman–Crippen MR) is 379 cm³/mol. The summed E-state index contributed by atoms with van der Waals surface area (Å²) in [7, 11) is -6.55. The van der Waals surface area contributed by atoms with Gasteiger partial charge in [0.1, 0.15) is 0 Å². The van der Waals surface area contributed by atoms with E-state index in [0.717, 1.165) is 89.4 Å². The van der Waals surface area contributed by atoms with Crippen molar-refractivity contribution in [3.63, 3.8) is 0 Å². The van der Waals surface area contributed by atoms with Gasteiger partial charge in [-0.05, 0) is 168 Å². The number of hydrogen-bond donors (Lipinski definition) is 2. The average Bonchev–Trinajstić information content (AvgIpc) is 4.51. The molecule has 0 saturated heterocycles. The zero-order valence-electron chi connectivity index (χ0n) is 49.1. The highest BCUT2D eigenvalue weighted by Crippen LogP contribution is 2.52. The van der Waals surface area contributed by atoms with Crippen LogP contribution in [0.3, 0.4) is 0 Å². The van der Waals surface area contributed by atoms with E-state index in [9.17, 15) is 0 Å². The number of nitrogens with zero attached hydrogens (tertiary/aromatic N) is 2. The molecule has 4 nitrogen and oxygen atoms in total. The number of rotatable bonds is 12. The van der Waals surface area contributed by atoms with Gasteiger partial charge in [0.25, 0.3) is 0 Å². The number of benzene rings is 8. The van der Waals surface area contributed by atoms with E-state index in [-0.39, 0.29) is 0 Å². The number of fused-ring (bicyclic) bond motifs is 8. The third-order valence-corrected chi connectivity index (χ3v) is 30.3. The maximum absolute atomic E-state index is 5.72. The molecule has 0 amide bonds. The zero-order chi connectivity index (χ0) is 57.8. The molecule has 8 bridgehead atoms. The van der Waals surface area contributed by atoms with Crippen molar-refractivity contribution in [2.24, 2.45) is 0 Å². The minimum Gasteiger partial charge on any atom is -0.354 e. The first-order valence-electron chi connectivity index (χ1n) is 28.8. The number of aromatic amines is 2. The highest BCUT2D eigenvalue weighted by molar-refractivity contribution is 7.89. The van der Waals surface area contributed by atoms with E-state index in [0.29, 0.717) is 0 Å². The van der Waals surface area contributed by atoms with Crippen molar-refractivity contribution in [3.05, 3.63) is 265 Å². The molecule has 2 aliphatic heterocycles. The van der Waals surface area contributed by atoms with Gasteiger partial charge in [0, 0.05) is 44.3 Å². The summed E-state index contributed by atoms with van der Waals surface area (Å²) in [5.74, 6) is 0. The molecule has 410 valence electrons. The van der Waals surface area contributed by atoms with E-state index >= 15 is 0 Å². The molecule has 0 unspecified atom stereocenters. The first kappa shape index (κ1) is 55.3. The SMILES string of the molecule is C[P+](C)(c1ccccc1)c1ccc(-c2c3nc(c(-c4ccc([P+](C)(C)c5ccccc5)cc4)c4ccc([nH]4)c(-c4ccc([P+](C)(C)c5ccccc5)cc4)c4nc(c(-c5ccc([P+](C)(C)c6ccccc6)cc5)c5ccc2[nH]5)C=C4)C=C3)cc1. The lowest BCUT2D eigenvalue weighted by Crippen LogP contribution is -2.20. The molecular formula is C76H70N4P4+4. The van der Waals surface area contributed by atoms with Gasteiger partial charge in [0.05, 0.1) is 148 Å². The minimum atomic E-state index is -1.64. The fraction of sp³-hybridized carbons (Fsp3) is 0.105. The highest BCUT2D eigenvalue weighted by atomic mass is 31.2. The smallest absolute Gasteiger partial charge is 0.0986 e. The molecule has 0 fully saturated rings. The second-order valence-corrected chi connectivity index (χ2v) is 39.6. The largest absolute Gasteiger partial charge is 0.354 e. The second-order valence-electron chi connectivity index (χ2n) is 23.8. The Morgan fingerprint density at radius 3 is 0.583 bits per heavy atom. The number of H-pyrrole nitrogens is 2. The molecule has 5 heterocycles. The number of nitrogens with one attached hydrogen (secondary N) is 2. The fourth-order valence-corrected chi connectivity index (χ4v) is 20.7. The molecule has 3 aromatic heterocycles. The summed E-state index contributed by atoms with van der Waals surface area (Å²) in [6, 6.07) is 90.0. The van der Waals surface area contributed by atoms with Gasteiger partial charge in [-0.3, -0.25) is 0 Å². The van der Waals surface area contributed by atoms with Gasteiger partial charge in [-0.1, -0.05) is 121 Å². The van der Waals surface area contributed by atoms with Crippen LogP contribution in [0.15, 0.2) is 243 Å². The summed E-state index contributed by atoms with van der Waals surface area (Å²) >= 11 is 0. The van der Waals surface area contributed by atoms with Crippen LogP contribution in [0.5, 0.6) is 0 Å². The van der Waals surface area contributed by atoms with Gasteiger partial charge in [-0.15, -0.1) is 0 Å². The van der Waals surface area contributed by atoms with Crippen LogP contribution in [-0.4, -0.2) is 73.3 Å². The Balaban J connectivity index is 1.07. The summed E-state index contributed by atoms with van der Waals surface area (Å²) in [4.78, 5) is 19.5. The lowest BCUT2D eigenvalue weighted by Gasteiger charge is -2.18. The lowest BCUT2D eigenvalue weighted by molar-refractivity contribution is 1.31. The Morgan fingerprint density at radius 2 is 0.393 bits per heavy atom. The number of hydrogen-bond acceptors (Lipinski definition) is 2. The van der Waals surface area contributed by atoms with Gasteiger partial charge in [0.15, 0.2) is 0 Å². The summed E-state index contributed by atoms with van der Waals surface area (Å²) < 4.78 is 0. The first-order valence-corrected chi connectivity index (χ1v) is 39.6. The monoisotopic (exact) mass is 1160 g/mol. The van der Waals surface area contributed by atoms with Crippen molar-refractivity contribution < 1.29 is 0 Å². The van der Waals surface area contributed by atoms with Crippen LogP contribution in [0.4, 0.5) is 0 Å². The molecule has 8 aromatic carbocycles. The molecule has 0 atom stereocenters. The van der Waals surface area contributed by atoms with E-state index in [4.69, 9.17) is 9.97 Å². The first-order chi connectivity index (χ1) is 40.6. The normalized spacial score (nSPS) is 12.7. The minimum absolute atomic E-state index is 0.896. The Bertz CT molecular complexity index is 3900. The zero-order valence-corrected chi connectivity index (χ0v) is 52.7. The molecule has 0 spiro atoms. The molecule has 0 radical (unpaired) electrons. The molecule has 0 aliphatic carbocycles. The van der Waals surface area contributed by atoms with E-state index < -0.39 is 29.0 Å². The van der Waals surface area contributed by atoms with Gasteiger partial charge in [0.2, 0.25) is 0 Å². The molecule has 11 aromatic rings. The molecular weight excluding hydrogens is 1090 g/mol. The third kappa shape index (κ3) is 10.3. The average molecular weight is 1160 g/mol. The van der Waals surface area contributed by atoms with Crippen LogP contribution in [0.2, 0.25) is 0 Å². The van der Waals surface area contributed by atoms with E-state index in [1.54, 1.807) is 0 Å². The summed E-state index contributed by atoms with van der Waals surface area (Å²) in [5.41, 5.74) is 16.0. The number of aromatic nitrogens is 4. The van der Waals surface area contributed by atoms with Crippen molar-refractivity contribution in [1.29, 1.82) is 0 Å². The summed E-state index contributed by atoms with van der Waals surface area (Å²) in [5, 5.41) is 11.0. The fourth-order valence-electron chi connectivity index (χ4n) is 12.2.